The van der Waals surface area contributed by atoms with Gasteiger partial charge < -0.3 is 15.6 Å². The molecule has 158 valence electrons. The monoisotopic (exact) mass is 406 g/mol. The number of aldehydes is 1. The number of imidazole rings is 1. The number of nitrogens with zero attached hydrogens (tertiary/aromatic N) is 1. The van der Waals surface area contributed by atoms with Gasteiger partial charge in [-0.15, -0.1) is 0 Å². The van der Waals surface area contributed by atoms with Crippen molar-refractivity contribution < 1.29 is 9.59 Å². The number of hydrogen-bond donors (Lipinski definition) is 3. The topological polar surface area (TPSA) is 86.9 Å². The molecule has 0 aliphatic heterocycles. The minimum absolute atomic E-state index is 0.136. The first-order chi connectivity index (χ1) is 14.2. The second kappa shape index (κ2) is 9.87. The Kier molecular flexibility index (Phi) is 7.53. The predicted molar refractivity (Wildman–Crippen MR) is 122 cm³/mol. The van der Waals surface area contributed by atoms with Crippen LogP contribution in [0, 0.1) is 13.8 Å². The summed E-state index contributed by atoms with van der Waals surface area (Å²) in [5, 5.41) is 5.51. The van der Waals surface area contributed by atoms with Crippen LogP contribution in [0.25, 0.3) is 12.2 Å². The van der Waals surface area contributed by atoms with Crippen molar-refractivity contribution in [3.8, 4) is 0 Å². The fourth-order valence-electron chi connectivity index (χ4n) is 2.94. The molecule has 0 atom stereocenters. The van der Waals surface area contributed by atoms with Gasteiger partial charge in [-0.3, -0.25) is 9.59 Å². The van der Waals surface area contributed by atoms with Crippen molar-refractivity contribution >= 4 is 24.3 Å². The summed E-state index contributed by atoms with van der Waals surface area (Å²) in [5.41, 5.74) is 5.30. The van der Waals surface area contributed by atoms with Gasteiger partial charge in [-0.1, -0.05) is 51.1 Å². The fraction of sp³-hybridized carbons (Fsp3) is 0.292. The molecule has 1 aromatic carbocycles. The number of H-pyrrole nitrogens is 1. The van der Waals surface area contributed by atoms with E-state index in [1.165, 1.54) is 11.1 Å². The van der Waals surface area contributed by atoms with Gasteiger partial charge in [-0.25, -0.2) is 4.98 Å². The molecule has 2 rings (SSSR count). The summed E-state index contributed by atoms with van der Waals surface area (Å²) in [5.74, 6) is -0.408. The van der Waals surface area contributed by atoms with Crippen molar-refractivity contribution in [2.24, 2.45) is 0 Å². The van der Waals surface area contributed by atoms with Crippen LogP contribution < -0.4 is 10.6 Å². The summed E-state index contributed by atoms with van der Waals surface area (Å²) in [4.78, 5) is 31.5. The number of carbonyl (C=O) groups excluding carboxylic acids is 2. The SMILES string of the molecule is CN/C(=C\C=C\c1cccc(C)c1C)C(=O)N/C(C=O)=C\c1nc[nH]c1C(C)(C)C. The van der Waals surface area contributed by atoms with Gasteiger partial charge in [0.25, 0.3) is 5.91 Å². The molecule has 0 spiro atoms. The highest BCUT2D eigenvalue weighted by Crippen LogP contribution is 2.24. The third-order valence-electron chi connectivity index (χ3n) is 4.79. The lowest BCUT2D eigenvalue weighted by atomic mass is 9.90. The second-order valence-corrected chi connectivity index (χ2v) is 8.06. The lowest BCUT2D eigenvalue weighted by Crippen LogP contribution is -2.30. The molecule has 3 N–H and O–H groups in total. The van der Waals surface area contributed by atoms with Crippen molar-refractivity contribution in [3.05, 3.63) is 76.2 Å². The van der Waals surface area contributed by atoms with E-state index in [2.05, 4.69) is 40.5 Å². The summed E-state index contributed by atoms with van der Waals surface area (Å²) in [6, 6.07) is 6.09. The number of benzene rings is 1. The second-order valence-electron chi connectivity index (χ2n) is 8.06. The molecule has 6 heteroatoms. The maximum Gasteiger partial charge on any atom is 0.271 e. The molecule has 0 radical (unpaired) electrons. The van der Waals surface area contributed by atoms with E-state index in [1.807, 2.05) is 45.1 Å². The van der Waals surface area contributed by atoms with Gasteiger partial charge in [-0.05, 0) is 42.7 Å². The number of aromatic amines is 1. The number of amides is 1. The van der Waals surface area contributed by atoms with Crippen LogP contribution >= 0.6 is 0 Å². The zero-order valence-electron chi connectivity index (χ0n) is 18.5. The number of hydrogen-bond acceptors (Lipinski definition) is 4. The molecule has 0 saturated heterocycles. The largest absolute Gasteiger partial charge is 0.384 e. The highest BCUT2D eigenvalue weighted by molar-refractivity contribution is 5.99. The average molecular weight is 407 g/mol. The minimum atomic E-state index is -0.408. The molecular formula is C24H30N4O2. The molecule has 30 heavy (non-hydrogen) atoms. The maximum absolute atomic E-state index is 12.6. The van der Waals surface area contributed by atoms with Crippen molar-refractivity contribution in [1.29, 1.82) is 0 Å². The van der Waals surface area contributed by atoms with Crippen LogP contribution in [0.5, 0.6) is 0 Å². The molecule has 0 unspecified atom stereocenters. The van der Waals surface area contributed by atoms with Crippen LogP contribution in [-0.2, 0) is 15.0 Å². The minimum Gasteiger partial charge on any atom is -0.384 e. The molecule has 0 bridgehead atoms. The van der Waals surface area contributed by atoms with Gasteiger partial charge in [0, 0.05) is 18.2 Å². The quantitative estimate of drug-likeness (QED) is 0.371. The van der Waals surface area contributed by atoms with Gasteiger partial charge in [-0.2, -0.15) is 0 Å². The predicted octanol–water partition coefficient (Wildman–Crippen LogP) is 3.80. The normalized spacial score (nSPS) is 12.9. The zero-order chi connectivity index (χ0) is 22.3. The Bertz CT molecular complexity index is 1000. The highest BCUT2D eigenvalue weighted by atomic mass is 16.2. The summed E-state index contributed by atoms with van der Waals surface area (Å²) >= 11 is 0. The van der Waals surface area contributed by atoms with Crippen LogP contribution in [0.2, 0.25) is 0 Å². The van der Waals surface area contributed by atoms with Gasteiger partial charge in [0.2, 0.25) is 0 Å². The molecule has 0 saturated carbocycles. The number of carbonyl (C=O) groups is 2. The molecule has 1 amide bonds. The lowest BCUT2D eigenvalue weighted by molar-refractivity contribution is -0.118. The number of aromatic nitrogens is 2. The third-order valence-corrected chi connectivity index (χ3v) is 4.79. The molecule has 1 heterocycles. The van der Waals surface area contributed by atoms with E-state index in [4.69, 9.17) is 0 Å². The Morgan fingerprint density at radius 1 is 1.20 bits per heavy atom. The summed E-state index contributed by atoms with van der Waals surface area (Å²) in [7, 11) is 1.66. The van der Waals surface area contributed by atoms with Crippen molar-refractivity contribution in [1.82, 2.24) is 20.6 Å². The lowest BCUT2D eigenvalue weighted by Gasteiger charge is -2.17. The maximum atomic E-state index is 12.6. The average Bonchev–Trinajstić information content (AvgIpc) is 3.16. The van der Waals surface area contributed by atoms with Gasteiger partial charge in [0.1, 0.15) is 0 Å². The van der Waals surface area contributed by atoms with Crippen LogP contribution in [0.1, 0.15) is 48.8 Å². The van der Waals surface area contributed by atoms with E-state index < -0.39 is 5.91 Å². The standard InChI is InChI=1S/C24H30N4O2/c1-16-9-7-10-18(17(16)2)11-8-12-20(25-6)23(30)28-19(14-29)13-21-22(24(3,4)5)27-15-26-21/h7-15,25H,1-6H3,(H,26,27)(H,28,30)/b11-8+,19-13-,20-12-. The van der Waals surface area contributed by atoms with Gasteiger partial charge in [0.15, 0.2) is 6.29 Å². The number of nitrogens with one attached hydrogen (secondary N) is 3. The molecule has 0 fully saturated rings. The van der Waals surface area contributed by atoms with Gasteiger partial charge >= 0.3 is 0 Å². The van der Waals surface area contributed by atoms with E-state index in [-0.39, 0.29) is 11.1 Å². The van der Waals surface area contributed by atoms with Crippen molar-refractivity contribution in [2.75, 3.05) is 7.05 Å². The van der Waals surface area contributed by atoms with Crippen LogP contribution in [0.3, 0.4) is 0 Å². The number of aryl methyl sites for hydroxylation is 1. The fourth-order valence-corrected chi connectivity index (χ4v) is 2.94. The molecular weight excluding hydrogens is 376 g/mol. The number of rotatable bonds is 7. The molecule has 2 aromatic rings. The Morgan fingerprint density at radius 2 is 1.93 bits per heavy atom. The van der Waals surface area contributed by atoms with Crippen molar-refractivity contribution in [2.45, 2.75) is 40.0 Å². The van der Waals surface area contributed by atoms with Crippen LogP contribution in [-0.4, -0.2) is 29.2 Å². The zero-order valence-corrected chi connectivity index (χ0v) is 18.5. The molecule has 6 nitrogen and oxygen atoms in total. The molecule has 0 aliphatic rings. The van der Waals surface area contributed by atoms with E-state index in [9.17, 15) is 9.59 Å². The first-order valence-electron chi connectivity index (χ1n) is 9.81. The summed E-state index contributed by atoms with van der Waals surface area (Å²) < 4.78 is 0. The Morgan fingerprint density at radius 3 is 2.57 bits per heavy atom. The summed E-state index contributed by atoms with van der Waals surface area (Å²) in [6.07, 6.45) is 9.19. The Balaban J connectivity index is 2.19. The number of allylic oxidation sites excluding steroid dienone is 3. The third kappa shape index (κ3) is 5.80. The molecule has 1 aromatic heterocycles. The first kappa shape index (κ1) is 22.9. The Labute approximate surface area is 178 Å². The Hall–Kier alpha value is -3.41. The van der Waals surface area contributed by atoms with Crippen LogP contribution in [0.15, 0.2) is 48.1 Å². The van der Waals surface area contributed by atoms with Crippen molar-refractivity contribution in [3.63, 3.8) is 0 Å². The van der Waals surface area contributed by atoms with E-state index in [1.54, 1.807) is 25.5 Å². The summed E-state index contributed by atoms with van der Waals surface area (Å²) in [6.45, 7) is 10.3. The highest BCUT2D eigenvalue weighted by Gasteiger charge is 2.20. The molecule has 0 aliphatic carbocycles. The first-order valence-corrected chi connectivity index (χ1v) is 9.81. The smallest absolute Gasteiger partial charge is 0.271 e. The van der Waals surface area contributed by atoms with E-state index >= 15 is 0 Å². The number of likely N-dealkylation sites (N-methyl/N-ethyl adjacent to an activating group) is 1. The van der Waals surface area contributed by atoms with E-state index in [0.29, 0.717) is 17.7 Å². The van der Waals surface area contributed by atoms with Gasteiger partial charge in [0.05, 0.1) is 23.4 Å². The van der Waals surface area contributed by atoms with Crippen LogP contribution in [0.4, 0.5) is 0 Å². The van der Waals surface area contributed by atoms with E-state index in [0.717, 1.165) is 11.3 Å².